The zero-order chi connectivity index (χ0) is 16.4. The average Bonchev–Trinajstić information content (AvgIpc) is 2.51. The molecule has 130 valence electrons. The fourth-order valence-electron chi connectivity index (χ4n) is 2.50. The number of aliphatic hydroxyl groups is 3. The van der Waals surface area contributed by atoms with Gasteiger partial charge in [0, 0.05) is 6.61 Å². The van der Waals surface area contributed by atoms with E-state index >= 15 is 0 Å². The van der Waals surface area contributed by atoms with Gasteiger partial charge in [0.1, 0.15) is 12.2 Å². The molecule has 3 N–H and O–H groups in total. The van der Waals surface area contributed by atoms with Crippen molar-refractivity contribution in [3.63, 3.8) is 0 Å². The molecule has 0 spiro atoms. The molecule has 22 heavy (non-hydrogen) atoms. The highest BCUT2D eigenvalue weighted by Gasteiger charge is 2.43. The van der Waals surface area contributed by atoms with Gasteiger partial charge in [-0.3, -0.25) is 0 Å². The quantitative estimate of drug-likeness (QED) is 0.391. The number of hydrogen-bond acceptors (Lipinski definition) is 6. The monoisotopic (exact) mass is 318 g/mol. The van der Waals surface area contributed by atoms with Crippen LogP contribution in [0.1, 0.15) is 58.3 Å². The van der Waals surface area contributed by atoms with Gasteiger partial charge in [-0.1, -0.05) is 51.9 Å². The maximum atomic E-state index is 11.2. The number of carbonyl (C=O) groups is 1. The van der Waals surface area contributed by atoms with Gasteiger partial charge < -0.3 is 24.8 Å². The first kappa shape index (κ1) is 19.4. The van der Waals surface area contributed by atoms with Crippen molar-refractivity contribution in [2.45, 2.75) is 82.7 Å². The molecule has 0 bridgehead atoms. The highest BCUT2D eigenvalue weighted by molar-refractivity contribution is 5.76. The van der Waals surface area contributed by atoms with Gasteiger partial charge in [-0.2, -0.15) is 0 Å². The SMILES string of the molecule is CCCCCCCCCCOC[C@H]1OC(=O)[C@H](O)[C@@H](O)[C@@H]1O. The molecule has 0 aromatic heterocycles. The van der Waals surface area contributed by atoms with Crippen LogP contribution in [0, 0.1) is 0 Å². The fraction of sp³-hybridized carbons (Fsp3) is 0.938. The van der Waals surface area contributed by atoms with E-state index in [0.717, 1.165) is 12.8 Å². The second kappa shape index (κ2) is 10.9. The Morgan fingerprint density at radius 3 is 2.18 bits per heavy atom. The van der Waals surface area contributed by atoms with Crippen LogP contribution >= 0.6 is 0 Å². The molecule has 1 heterocycles. The van der Waals surface area contributed by atoms with E-state index in [9.17, 15) is 20.1 Å². The maximum absolute atomic E-state index is 11.2. The van der Waals surface area contributed by atoms with Gasteiger partial charge in [0.2, 0.25) is 0 Å². The Bertz CT molecular complexity index is 309. The van der Waals surface area contributed by atoms with Gasteiger partial charge >= 0.3 is 5.97 Å². The second-order valence-corrected chi connectivity index (χ2v) is 5.95. The van der Waals surface area contributed by atoms with Crippen LogP contribution in [-0.4, -0.2) is 58.9 Å². The van der Waals surface area contributed by atoms with Crippen molar-refractivity contribution in [3.05, 3.63) is 0 Å². The van der Waals surface area contributed by atoms with E-state index in [1.807, 2.05) is 0 Å². The van der Waals surface area contributed by atoms with Gasteiger partial charge in [-0.25, -0.2) is 4.79 Å². The Hall–Kier alpha value is -0.690. The van der Waals surface area contributed by atoms with Crippen molar-refractivity contribution in [2.75, 3.05) is 13.2 Å². The lowest BCUT2D eigenvalue weighted by Crippen LogP contribution is -2.56. The lowest BCUT2D eigenvalue weighted by molar-refractivity contribution is -0.208. The summed E-state index contributed by atoms with van der Waals surface area (Å²) in [5.74, 6) is -0.918. The molecule has 1 rings (SSSR count). The van der Waals surface area contributed by atoms with Crippen molar-refractivity contribution in [1.29, 1.82) is 0 Å². The summed E-state index contributed by atoms with van der Waals surface area (Å²) < 4.78 is 10.2. The van der Waals surface area contributed by atoms with Gasteiger partial charge in [0.25, 0.3) is 0 Å². The largest absolute Gasteiger partial charge is 0.455 e. The number of aliphatic hydroxyl groups excluding tert-OH is 3. The molecule has 0 aliphatic carbocycles. The highest BCUT2D eigenvalue weighted by atomic mass is 16.6. The Labute approximate surface area is 132 Å². The number of carbonyl (C=O) groups excluding carboxylic acids is 1. The molecule has 0 unspecified atom stereocenters. The van der Waals surface area contributed by atoms with Crippen LogP contribution in [0.5, 0.6) is 0 Å². The molecule has 1 fully saturated rings. The smallest absolute Gasteiger partial charge is 0.338 e. The Kier molecular flexibility index (Phi) is 9.63. The first-order valence-corrected chi connectivity index (χ1v) is 8.40. The van der Waals surface area contributed by atoms with Crippen LogP contribution in [-0.2, 0) is 14.3 Å². The predicted molar refractivity (Wildman–Crippen MR) is 81.3 cm³/mol. The lowest BCUT2D eigenvalue weighted by Gasteiger charge is -2.33. The first-order chi connectivity index (χ1) is 10.6. The fourth-order valence-corrected chi connectivity index (χ4v) is 2.50. The third kappa shape index (κ3) is 6.60. The lowest BCUT2D eigenvalue weighted by atomic mass is 10.0. The van der Waals surface area contributed by atoms with Gasteiger partial charge in [-0.15, -0.1) is 0 Å². The molecule has 1 saturated heterocycles. The highest BCUT2D eigenvalue weighted by Crippen LogP contribution is 2.17. The van der Waals surface area contributed by atoms with Crippen LogP contribution in [0.25, 0.3) is 0 Å². The summed E-state index contributed by atoms with van der Waals surface area (Å²) in [5.41, 5.74) is 0. The van der Waals surface area contributed by atoms with Crippen molar-refractivity contribution >= 4 is 5.97 Å². The Morgan fingerprint density at radius 1 is 0.955 bits per heavy atom. The Morgan fingerprint density at radius 2 is 1.55 bits per heavy atom. The van der Waals surface area contributed by atoms with Gasteiger partial charge in [-0.05, 0) is 6.42 Å². The molecule has 6 heteroatoms. The summed E-state index contributed by atoms with van der Waals surface area (Å²) in [5, 5.41) is 28.4. The summed E-state index contributed by atoms with van der Waals surface area (Å²) in [6.07, 6.45) is 4.22. The van der Waals surface area contributed by atoms with Gasteiger partial charge in [0.05, 0.1) is 6.61 Å². The second-order valence-electron chi connectivity index (χ2n) is 5.95. The number of rotatable bonds is 11. The van der Waals surface area contributed by atoms with Crippen LogP contribution in [0.3, 0.4) is 0 Å². The van der Waals surface area contributed by atoms with E-state index in [-0.39, 0.29) is 6.61 Å². The van der Waals surface area contributed by atoms with Crippen LogP contribution in [0.15, 0.2) is 0 Å². The third-order valence-electron chi connectivity index (χ3n) is 3.99. The zero-order valence-corrected chi connectivity index (χ0v) is 13.4. The molecule has 4 atom stereocenters. The van der Waals surface area contributed by atoms with E-state index < -0.39 is 30.4 Å². The molecular weight excluding hydrogens is 288 g/mol. The van der Waals surface area contributed by atoms with E-state index in [4.69, 9.17) is 9.47 Å². The number of hydrogen-bond donors (Lipinski definition) is 3. The minimum atomic E-state index is -1.68. The topological polar surface area (TPSA) is 96.2 Å². The molecule has 0 aromatic rings. The standard InChI is InChI=1S/C16H30O6/c1-2-3-4-5-6-7-8-9-10-21-11-12-13(17)14(18)15(19)16(20)22-12/h12-15,17-19H,2-11H2,1H3/t12-,13-,14+,15-/m1/s1. The van der Waals surface area contributed by atoms with Gasteiger partial charge in [0.15, 0.2) is 12.2 Å². The Balaban J connectivity index is 2.01. The average molecular weight is 318 g/mol. The van der Waals surface area contributed by atoms with Crippen molar-refractivity contribution in [3.8, 4) is 0 Å². The minimum absolute atomic E-state index is 0.0349. The normalized spacial score (nSPS) is 28.6. The van der Waals surface area contributed by atoms with E-state index in [0.29, 0.717) is 6.61 Å². The number of ether oxygens (including phenoxy) is 2. The zero-order valence-electron chi connectivity index (χ0n) is 13.4. The van der Waals surface area contributed by atoms with E-state index in [1.165, 1.54) is 38.5 Å². The molecular formula is C16H30O6. The van der Waals surface area contributed by atoms with Crippen molar-refractivity contribution in [1.82, 2.24) is 0 Å². The molecule has 6 nitrogen and oxygen atoms in total. The summed E-state index contributed by atoms with van der Waals surface area (Å²) in [6, 6.07) is 0. The molecule has 0 amide bonds. The predicted octanol–water partition coefficient (Wildman–Crippen LogP) is 1.15. The summed E-state index contributed by atoms with van der Waals surface area (Å²) in [7, 11) is 0. The van der Waals surface area contributed by atoms with Crippen molar-refractivity contribution in [2.24, 2.45) is 0 Å². The number of cyclic esters (lactones) is 1. The summed E-state index contributed by atoms with van der Waals surface area (Å²) in [4.78, 5) is 11.2. The van der Waals surface area contributed by atoms with E-state index in [1.54, 1.807) is 0 Å². The molecule has 0 saturated carbocycles. The van der Waals surface area contributed by atoms with Crippen LogP contribution in [0.2, 0.25) is 0 Å². The summed E-state index contributed by atoms with van der Waals surface area (Å²) >= 11 is 0. The number of unbranched alkanes of at least 4 members (excludes halogenated alkanes) is 7. The first-order valence-electron chi connectivity index (χ1n) is 8.40. The third-order valence-corrected chi connectivity index (χ3v) is 3.99. The summed E-state index contributed by atoms with van der Waals surface area (Å²) in [6.45, 7) is 2.78. The molecule has 1 aliphatic rings. The van der Waals surface area contributed by atoms with Crippen molar-refractivity contribution < 1.29 is 29.6 Å². The molecule has 1 aliphatic heterocycles. The molecule has 0 aromatic carbocycles. The van der Waals surface area contributed by atoms with E-state index in [2.05, 4.69) is 6.92 Å². The molecule has 0 radical (unpaired) electrons. The van der Waals surface area contributed by atoms with Crippen LogP contribution in [0.4, 0.5) is 0 Å². The minimum Gasteiger partial charge on any atom is -0.455 e. The number of esters is 1. The van der Waals surface area contributed by atoms with Crippen LogP contribution < -0.4 is 0 Å². The maximum Gasteiger partial charge on any atom is 0.338 e.